The van der Waals surface area contributed by atoms with Crippen LogP contribution in [0.15, 0.2) is 12.4 Å². The highest BCUT2D eigenvalue weighted by Gasteiger charge is 2.01. The Morgan fingerprint density at radius 3 is 2.80 bits per heavy atom. The van der Waals surface area contributed by atoms with Crippen LogP contribution in [0, 0.1) is 5.92 Å². The molecule has 1 N–H and O–H groups in total. The number of aromatic nitrogens is 2. The number of unbranched alkanes of at least 4 members (excludes halogenated alkanes) is 1. The fourth-order valence-electron chi connectivity index (χ4n) is 1.58. The van der Waals surface area contributed by atoms with Crippen molar-refractivity contribution in [1.29, 1.82) is 0 Å². The molecule has 0 aromatic carbocycles. The standard InChI is InChI=1S/C15H27N3O2/c1-4-5-6-19-7-8-20-15-12-17-11-14(18-15)10-16-9-13(2)3/h11-13,16H,4-10H2,1-3H3. The molecule has 114 valence electrons. The van der Waals surface area contributed by atoms with Crippen molar-refractivity contribution in [3.05, 3.63) is 18.1 Å². The van der Waals surface area contributed by atoms with Gasteiger partial charge in [-0.25, -0.2) is 4.98 Å². The van der Waals surface area contributed by atoms with Crippen LogP contribution in [0.25, 0.3) is 0 Å². The van der Waals surface area contributed by atoms with E-state index in [2.05, 4.69) is 36.1 Å². The summed E-state index contributed by atoms with van der Waals surface area (Å²) in [5, 5.41) is 3.34. The van der Waals surface area contributed by atoms with E-state index in [-0.39, 0.29) is 0 Å². The van der Waals surface area contributed by atoms with Crippen LogP contribution >= 0.6 is 0 Å². The third-order valence-electron chi connectivity index (χ3n) is 2.64. The molecule has 1 heterocycles. The lowest BCUT2D eigenvalue weighted by Crippen LogP contribution is -2.20. The predicted molar refractivity (Wildman–Crippen MR) is 79.8 cm³/mol. The minimum Gasteiger partial charge on any atom is -0.474 e. The molecule has 0 bridgehead atoms. The normalized spacial score (nSPS) is 11.0. The first-order chi connectivity index (χ1) is 9.72. The zero-order valence-electron chi connectivity index (χ0n) is 12.9. The Balaban J connectivity index is 2.22. The van der Waals surface area contributed by atoms with Crippen molar-refractivity contribution in [3.63, 3.8) is 0 Å². The van der Waals surface area contributed by atoms with Gasteiger partial charge in [0.15, 0.2) is 0 Å². The Labute approximate surface area is 122 Å². The molecule has 1 rings (SSSR count). The molecule has 1 aromatic heterocycles. The first-order valence-corrected chi connectivity index (χ1v) is 7.44. The fourth-order valence-corrected chi connectivity index (χ4v) is 1.58. The molecule has 20 heavy (non-hydrogen) atoms. The molecule has 0 radical (unpaired) electrons. The quantitative estimate of drug-likeness (QED) is 0.631. The summed E-state index contributed by atoms with van der Waals surface area (Å²) < 4.78 is 11.0. The maximum atomic E-state index is 5.53. The molecular formula is C15H27N3O2. The summed E-state index contributed by atoms with van der Waals surface area (Å²) in [7, 11) is 0. The monoisotopic (exact) mass is 281 g/mol. The van der Waals surface area contributed by atoms with Gasteiger partial charge in [-0.15, -0.1) is 0 Å². The Hall–Kier alpha value is -1.20. The molecular weight excluding hydrogens is 254 g/mol. The second kappa shape index (κ2) is 10.6. The zero-order valence-corrected chi connectivity index (χ0v) is 12.9. The number of hydrogen-bond acceptors (Lipinski definition) is 5. The number of rotatable bonds is 11. The molecule has 0 aliphatic carbocycles. The highest BCUT2D eigenvalue weighted by molar-refractivity contribution is 5.08. The largest absolute Gasteiger partial charge is 0.474 e. The molecule has 0 aliphatic rings. The van der Waals surface area contributed by atoms with Gasteiger partial charge < -0.3 is 14.8 Å². The van der Waals surface area contributed by atoms with Crippen molar-refractivity contribution in [2.75, 3.05) is 26.4 Å². The summed E-state index contributed by atoms with van der Waals surface area (Å²) in [5.74, 6) is 1.19. The van der Waals surface area contributed by atoms with E-state index in [1.165, 1.54) is 0 Å². The van der Waals surface area contributed by atoms with Gasteiger partial charge in [0.05, 0.1) is 18.5 Å². The molecule has 0 unspecified atom stereocenters. The summed E-state index contributed by atoms with van der Waals surface area (Å²) >= 11 is 0. The lowest BCUT2D eigenvalue weighted by Gasteiger charge is -2.09. The molecule has 1 aromatic rings. The number of ether oxygens (including phenoxy) is 2. The molecule has 5 heteroatoms. The van der Waals surface area contributed by atoms with Gasteiger partial charge in [-0.05, 0) is 18.9 Å². The number of nitrogens with one attached hydrogen (secondary N) is 1. The predicted octanol–water partition coefficient (Wildman–Crippen LogP) is 2.42. The third kappa shape index (κ3) is 8.07. The zero-order chi connectivity index (χ0) is 14.6. The molecule has 0 atom stereocenters. The van der Waals surface area contributed by atoms with E-state index in [4.69, 9.17) is 9.47 Å². The third-order valence-corrected chi connectivity index (χ3v) is 2.64. The van der Waals surface area contributed by atoms with Crippen LogP contribution in [0.3, 0.4) is 0 Å². The van der Waals surface area contributed by atoms with Gasteiger partial charge >= 0.3 is 0 Å². The molecule has 0 spiro atoms. The van der Waals surface area contributed by atoms with E-state index in [0.29, 0.717) is 25.0 Å². The van der Waals surface area contributed by atoms with Gasteiger partial charge in [-0.1, -0.05) is 27.2 Å². The van der Waals surface area contributed by atoms with Gasteiger partial charge in [0.25, 0.3) is 0 Å². The van der Waals surface area contributed by atoms with Crippen LogP contribution in [0.4, 0.5) is 0 Å². The minimum absolute atomic E-state index is 0.515. The van der Waals surface area contributed by atoms with Crippen molar-refractivity contribution >= 4 is 0 Å². The van der Waals surface area contributed by atoms with Crippen LogP contribution in [0.2, 0.25) is 0 Å². The van der Waals surface area contributed by atoms with Gasteiger partial charge in [-0.2, -0.15) is 0 Å². The highest BCUT2D eigenvalue weighted by atomic mass is 16.5. The van der Waals surface area contributed by atoms with E-state index < -0.39 is 0 Å². The first-order valence-electron chi connectivity index (χ1n) is 7.44. The molecule has 0 aliphatic heterocycles. The minimum atomic E-state index is 0.515. The summed E-state index contributed by atoms with van der Waals surface area (Å²) in [5.41, 5.74) is 0.898. The van der Waals surface area contributed by atoms with E-state index in [1.807, 2.05) is 0 Å². The number of nitrogens with zero attached hydrogens (tertiary/aromatic N) is 2. The van der Waals surface area contributed by atoms with E-state index >= 15 is 0 Å². The average molecular weight is 281 g/mol. The number of hydrogen-bond donors (Lipinski definition) is 1. The first kappa shape index (κ1) is 16.9. The highest BCUT2D eigenvalue weighted by Crippen LogP contribution is 2.05. The molecule has 0 fully saturated rings. The van der Waals surface area contributed by atoms with Crippen LogP contribution in [0.5, 0.6) is 5.88 Å². The summed E-state index contributed by atoms with van der Waals surface area (Å²) in [4.78, 5) is 8.54. The van der Waals surface area contributed by atoms with E-state index in [1.54, 1.807) is 12.4 Å². The van der Waals surface area contributed by atoms with Crippen LogP contribution < -0.4 is 10.1 Å². The molecule has 0 saturated heterocycles. The lowest BCUT2D eigenvalue weighted by atomic mass is 10.2. The smallest absolute Gasteiger partial charge is 0.232 e. The van der Waals surface area contributed by atoms with Crippen molar-refractivity contribution in [1.82, 2.24) is 15.3 Å². The summed E-state index contributed by atoms with van der Waals surface area (Å²) in [6.45, 7) is 10.1. The van der Waals surface area contributed by atoms with Crippen molar-refractivity contribution < 1.29 is 9.47 Å². The maximum Gasteiger partial charge on any atom is 0.232 e. The average Bonchev–Trinajstić information content (AvgIpc) is 2.43. The van der Waals surface area contributed by atoms with Crippen molar-refractivity contribution in [2.45, 2.75) is 40.2 Å². The Kier molecular flexibility index (Phi) is 8.91. The molecule has 5 nitrogen and oxygen atoms in total. The molecule has 0 saturated carbocycles. The Morgan fingerprint density at radius 2 is 2.05 bits per heavy atom. The summed E-state index contributed by atoms with van der Waals surface area (Å²) in [6, 6.07) is 0. The van der Waals surface area contributed by atoms with Crippen LogP contribution in [0.1, 0.15) is 39.3 Å². The summed E-state index contributed by atoms with van der Waals surface area (Å²) in [6.07, 6.45) is 5.64. The second-order valence-corrected chi connectivity index (χ2v) is 5.19. The van der Waals surface area contributed by atoms with Crippen molar-refractivity contribution in [2.24, 2.45) is 5.92 Å². The van der Waals surface area contributed by atoms with E-state index in [0.717, 1.165) is 38.2 Å². The van der Waals surface area contributed by atoms with Crippen LogP contribution in [-0.2, 0) is 11.3 Å². The SMILES string of the molecule is CCCCOCCOc1cncc(CNCC(C)C)n1. The fraction of sp³-hybridized carbons (Fsp3) is 0.733. The second-order valence-electron chi connectivity index (χ2n) is 5.19. The Morgan fingerprint density at radius 1 is 1.20 bits per heavy atom. The molecule has 0 amide bonds. The Bertz CT molecular complexity index is 359. The lowest BCUT2D eigenvalue weighted by molar-refractivity contribution is 0.0963. The van der Waals surface area contributed by atoms with Crippen molar-refractivity contribution in [3.8, 4) is 5.88 Å². The van der Waals surface area contributed by atoms with Gasteiger partial charge in [0, 0.05) is 19.3 Å². The van der Waals surface area contributed by atoms with Gasteiger partial charge in [0.1, 0.15) is 6.61 Å². The van der Waals surface area contributed by atoms with Gasteiger partial charge in [0.2, 0.25) is 5.88 Å². The van der Waals surface area contributed by atoms with E-state index in [9.17, 15) is 0 Å². The topological polar surface area (TPSA) is 56.3 Å². The van der Waals surface area contributed by atoms with Crippen LogP contribution in [-0.4, -0.2) is 36.3 Å². The maximum absolute atomic E-state index is 5.53. The van der Waals surface area contributed by atoms with Gasteiger partial charge in [-0.3, -0.25) is 4.98 Å².